The molecule has 0 spiro atoms. The van der Waals surface area contributed by atoms with Gasteiger partial charge in [0.1, 0.15) is 10.6 Å². The molecule has 30 heavy (non-hydrogen) atoms. The zero-order valence-corrected chi connectivity index (χ0v) is 18.9. The number of rotatable bonds is 9. The fourth-order valence-electron chi connectivity index (χ4n) is 3.57. The van der Waals surface area contributed by atoms with Crippen molar-refractivity contribution in [2.75, 3.05) is 13.7 Å². The minimum absolute atomic E-state index is 0.0164. The third-order valence-electron chi connectivity index (χ3n) is 5.23. The smallest absolute Gasteiger partial charge is 0.244 e. The predicted molar refractivity (Wildman–Crippen MR) is 116 cm³/mol. The Morgan fingerprint density at radius 2 is 1.63 bits per heavy atom. The highest BCUT2D eigenvalue weighted by atomic mass is 32.2. The summed E-state index contributed by atoms with van der Waals surface area (Å²) in [5, 5.41) is 0. The molecule has 0 atom stereocenters. The van der Waals surface area contributed by atoms with Crippen LogP contribution in [0.4, 0.5) is 0 Å². The third kappa shape index (κ3) is 5.60. The Balaban J connectivity index is 1.61. The first-order valence-electron chi connectivity index (χ1n) is 9.97. The van der Waals surface area contributed by atoms with E-state index in [9.17, 15) is 16.8 Å². The van der Waals surface area contributed by atoms with Crippen molar-refractivity contribution in [2.24, 2.45) is 0 Å². The lowest BCUT2D eigenvalue weighted by Crippen LogP contribution is -2.32. The molecule has 1 saturated carbocycles. The van der Waals surface area contributed by atoms with E-state index in [0.717, 1.165) is 36.8 Å². The lowest BCUT2D eigenvalue weighted by atomic mass is 10.2. The maximum Gasteiger partial charge on any atom is 0.244 e. The van der Waals surface area contributed by atoms with Crippen molar-refractivity contribution in [3.63, 3.8) is 0 Å². The number of nitrogens with one attached hydrogen (secondary N) is 2. The van der Waals surface area contributed by atoms with E-state index in [4.69, 9.17) is 4.74 Å². The lowest BCUT2D eigenvalue weighted by molar-refractivity contribution is 0.402. The van der Waals surface area contributed by atoms with Crippen LogP contribution in [0.3, 0.4) is 0 Å². The highest BCUT2D eigenvalue weighted by Crippen LogP contribution is 2.24. The average molecular weight is 453 g/mol. The SMILES string of the molecule is COc1ccc(C)cc1S(=O)(=O)NCCc1ccc(S(=O)(=O)NC2CCCC2)cc1. The minimum atomic E-state index is -3.72. The van der Waals surface area contributed by atoms with Crippen LogP contribution in [0, 0.1) is 6.92 Å². The van der Waals surface area contributed by atoms with E-state index in [1.54, 1.807) is 42.5 Å². The molecule has 1 aliphatic carbocycles. The Kier molecular flexibility index (Phi) is 7.18. The summed E-state index contributed by atoms with van der Waals surface area (Å²) in [7, 11) is -5.82. The molecular formula is C21H28N2O5S2. The molecule has 0 aliphatic heterocycles. The second-order valence-electron chi connectivity index (χ2n) is 7.55. The topological polar surface area (TPSA) is 102 Å². The third-order valence-corrected chi connectivity index (χ3v) is 8.24. The van der Waals surface area contributed by atoms with Crippen molar-refractivity contribution in [3.8, 4) is 5.75 Å². The summed E-state index contributed by atoms with van der Waals surface area (Å²) in [5.74, 6) is 0.289. The van der Waals surface area contributed by atoms with Gasteiger partial charge in [-0.1, -0.05) is 31.0 Å². The Labute approximate surface area is 179 Å². The number of hydrogen-bond acceptors (Lipinski definition) is 5. The number of hydrogen-bond donors (Lipinski definition) is 2. The molecule has 0 unspecified atom stereocenters. The molecule has 0 saturated heterocycles. The van der Waals surface area contributed by atoms with Gasteiger partial charge in [0.25, 0.3) is 0 Å². The van der Waals surface area contributed by atoms with E-state index in [2.05, 4.69) is 9.44 Å². The van der Waals surface area contributed by atoms with Gasteiger partial charge in [-0.3, -0.25) is 0 Å². The van der Waals surface area contributed by atoms with Crippen LogP contribution in [0.5, 0.6) is 5.75 Å². The molecule has 0 amide bonds. The predicted octanol–water partition coefficient (Wildman–Crippen LogP) is 2.75. The van der Waals surface area contributed by atoms with Gasteiger partial charge >= 0.3 is 0 Å². The van der Waals surface area contributed by atoms with Crippen LogP contribution in [0.2, 0.25) is 0 Å². The number of aryl methyl sites for hydroxylation is 1. The first-order valence-corrected chi connectivity index (χ1v) is 12.9. The van der Waals surface area contributed by atoms with Crippen molar-refractivity contribution in [2.45, 2.75) is 54.9 Å². The van der Waals surface area contributed by atoms with E-state index in [-0.39, 0.29) is 28.1 Å². The second kappa shape index (κ2) is 9.47. The van der Waals surface area contributed by atoms with E-state index in [0.29, 0.717) is 6.42 Å². The van der Waals surface area contributed by atoms with Crippen LogP contribution < -0.4 is 14.2 Å². The van der Waals surface area contributed by atoms with Gasteiger partial charge in [0.15, 0.2) is 0 Å². The zero-order chi connectivity index (χ0) is 21.8. The van der Waals surface area contributed by atoms with Gasteiger partial charge in [-0.25, -0.2) is 26.3 Å². The molecule has 7 nitrogen and oxygen atoms in total. The molecule has 0 bridgehead atoms. The maximum atomic E-state index is 12.6. The minimum Gasteiger partial charge on any atom is -0.495 e. The van der Waals surface area contributed by atoms with Crippen molar-refractivity contribution < 1.29 is 21.6 Å². The van der Waals surface area contributed by atoms with Crippen molar-refractivity contribution >= 4 is 20.0 Å². The zero-order valence-electron chi connectivity index (χ0n) is 17.2. The van der Waals surface area contributed by atoms with Crippen LogP contribution in [0.25, 0.3) is 0 Å². The standard InChI is InChI=1S/C21H28N2O5S2/c1-16-7-12-20(28-2)21(15-16)30(26,27)22-14-13-17-8-10-19(11-9-17)29(24,25)23-18-5-3-4-6-18/h7-12,15,18,22-23H,3-6,13-14H2,1-2H3. The Morgan fingerprint density at radius 1 is 0.967 bits per heavy atom. The van der Waals surface area contributed by atoms with E-state index >= 15 is 0 Å². The Bertz CT molecular complexity index is 1070. The van der Waals surface area contributed by atoms with Crippen molar-refractivity contribution in [1.29, 1.82) is 0 Å². The van der Waals surface area contributed by atoms with E-state index in [1.165, 1.54) is 7.11 Å². The molecule has 2 aromatic rings. The molecule has 2 N–H and O–H groups in total. The molecule has 3 rings (SSSR count). The molecule has 2 aromatic carbocycles. The van der Waals surface area contributed by atoms with Crippen molar-refractivity contribution in [3.05, 3.63) is 53.6 Å². The summed E-state index contributed by atoms with van der Waals surface area (Å²) in [4.78, 5) is 0.327. The fourth-order valence-corrected chi connectivity index (χ4v) is 6.16. The Morgan fingerprint density at radius 3 is 2.27 bits per heavy atom. The number of benzene rings is 2. The van der Waals surface area contributed by atoms with Gasteiger partial charge in [-0.2, -0.15) is 0 Å². The number of methoxy groups -OCH3 is 1. The molecule has 1 fully saturated rings. The van der Waals surface area contributed by atoms with Gasteiger partial charge < -0.3 is 4.74 Å². The highest BCUT2D eigenvalue weighted by Gasteiger charge is 2.23. The van der Waals surface area contributed by atoms with Gasteiger partial charge in [0.2, 0.25) is 20.0 Å². The summed E-state index contributed by atoms with van der Waals surface area (Å²) in [6.45, 7) is 2.00. The molecule has 0 aromatic heterocycles. The normalized spacial score (nSPS) is 15.4. The van der Waals surface area contributed by atoms with Crippen LogP contribution in [-0.4, -0.2) is 36.5 Å². The second-order valence-corrected chi connectivity index (χ2v) is 11.0. The quantitative estimate of drug-likeness (QED) is 0.609. The lowest BCUT2D eigenvalue weighted by Gasteiger charge is -2.13. The number of sulfonamides is 2. The summed E-state index contributed by atoms with van der Waals surface area (Å²) in [6, 6.07) is 11.5. The summed E-state index contributed by atoms with van der Waals surface area (Å²) >= 11 is 0. The average Bonchev–Trinajstić information content (AvgIpc) is 3.20. The molecule has 9 heteroatoms. The van der Waals surface area contributed by atoms with E-state index in [1.807, 2.05) is 6.92 Å². The van der Waals surface area contributed by atoms with E-state index < -0.39 is 20.0 Å². The monoisotopic (exact) mass is 452 g/mol. The van der Waals surface area contributed by atoms with Crippen LogP contribution >= 0.6 is 0 Å². The summed E-state index contributed by atoms with van der Waals surface area (Å²) in [5.41, 5.74) is 1.66. The van der Waals surface area contributed by atoms with Gasteiger partial charge in [-0.15, -0.1) is 0 Å². The fraction of sp³-hybridized carbons (Fsp3) is 0.429. The van der Waals surface area contributed by atoms with Crippen LogP contribution in [0.1, 0.15) is 36.8 Å². The molecule has 0 heterocycles. The van der Waals surface area contributed by atoms with Crippen molar-refractivity contribution in [1.82, 2.24) is 9.44 Å². The highest BCUT2D eigenvalue weighted by molar-refractivity contribution is 7.89. The molecule has 0 radical (unpaired) electrons. The molecule has 164 valence electrons. The van der Waals surface area contributed by atoms with Gasteiger partial charge in [0.05, 0.1) is 12.0 Å². The van der Waals surface area contributed by atoms with Crippen LogP contribution in [-0.2, 0) is 26.5 Å². The maximum absolute atomic E-state index is 12.6. The first-order chi connectivity index (χ1) is 14.2. The summed E-state index contributed by atoms with van der Waals surface area (Å²) in [6.07, 6.45) is 4.29. The first kappa shape index (κ1) is 22.7. The molecule has 1 aliphatic rings. The largest absolute Gasteiger partial charge is 0.495 e. The van der Waals surface area contributed by atoms with Crippen LogP contribution in [0.15, 0.2) is 52.3 Å². The number of ether oxygens (including phenoxy) is 1. The van der Waals surface area contributed by atoms with Gasteiger partial charge in [0, 0.05) is 12.6 Å². The molecular weight excluding hydrogens is 424 g/mol. The Hall–Kier alpha value is -1.94. The van der Waals surface area contributed by atoms with Gasteiger partial charge in [-0.05, 0) is 61.6 Å². The summed E-state index contributed by atoms with van der Waals surface area (Å²) < 4.78 is 60.7.